The predicted molar refractivity (Wildman–Crippen MR) is 123 cm³/mol. The Morgan fingerprint density at radius 3 is 2.85 bits per heavy atom. The number of imidazole rings is 1. The number of pyridine rings is 2. The molecule has 174 valence electrons. The van der Waals surface area contributed by atoms with E-state index in [1.165, 1.54) is 34.4 Å². The molecule has 33 heavy (non-hydrogen) atoms. The summed E-state index contributed by atoms with van der Waals surface area (Å²) in [5.74, 6) is -1.40. The zero-order chi connectivity index (χ0) is 24.1. The zero-order valence-electron chi connectivity index (χ0n) is 18.3. The van der Waals surface area contributed by atoms with Gasteiger partial charge in [-0.3, -0.25) is 9.99 Å². The summed E-state index contributed by atoms with van der Waals surface area (Å²) in [6, 6.07) is 3.34. The van der Waals surface area contributed by atoms with E-state index >= 15 is 0 Å². The normalized spacial score (nSPS) is 13.4. The monoisotopic (exact) mass is 457 g/mol. The molecule has 0 aliphatic heterocycles. The van der Waals surface area contributed by atoms with Crippen LogP contribution in [0.5, 0.6) is 0 Å². The molecule has 0 radical (unpaired) electrons. The first-order valence-electron chi connectivity index (χ1n) is 10.0. The van der Waals surface area contributed by atoms with E-state index in [4.69, 9.17) is 10.8 Å². The molecule has 3 rings (SSSR count). The molecule has 11 heteroatoms. The number of rotatable bonds is 9. The molecule has 0 saturated heterocycles. The number of aromatic nitrogens is 4. The lowest BCUT2D eigenvalue weighted by molar-refractivity contribution is 0.0677. The molecule has 0 bridgehead atoms. The standard InChI is InChI=1S/C22H25F2N7O2/c1-13(7-28-30(3)10-16(33)12-32)15-6-17(21(25)27-8-15)22-29-19-9-26-5-4-20(19)31(22)11-18(24)14(2)23/h4-9,16,32-33H,1,10-12H2,2-3H3,(H2,25,27)/b18-14-,28-7-. The van der Waals surface area contributed by atoms with E-state index in [9.17, 15) is 13.9 Å². The van der Waals surface area contributed by atoms with E-state index < -0.39 is 17.8 Å². The van der Waals surface area contributed by atoms with Crippen LogP contribution in [0.4, 0.5) is 14.6 Å². The van der Waals surface area contributed by atoms with E-state index in [2.05, 4.69) is 26.6 Å². The van der Waals surface area contributed by atoms with Crippen LogP contribution in [0.1, 0.15) is 12.5 Å². The van der Waals surface area contributed by atoms with E-state index in [1.54, 1.807) is 19.2 Å². The van der Waals surface area contributed by atoms with Gasteiger partial charge in [0.25, 0.3) is 0 Å². The highest BCUT2D eigenvalue weighted by molar-refractivity contribution is 6.09. The first kappa shape index (κ1) is 24.0. The van der Waals surface area contributed by atoms with Crippen molar-refractivity contribution in [1.29, 1.82) is 0 Å². The van der Waals surface area contributed by atoms with Gasteiger partial charge in [0.05, 0.1) is 49.3 Å². The molecule has 9 nitrogen and oxygen atoms in total. The molecule has 0 amide bonds. The Balaban J connectivity index is 2.00. The topological polar surface area (TPSA) is 126 Å². The van der Waals surface area contributed by atoms with Crippen LogP contribution in [0.2, 0.25) is 0 Å². The number of hydrogen-bond acceptors (Lipinski definition) is 8. The Morgan fingerprint density at radius 2 is 2.15 bits per heavy atom. The highest BCUT2D eigenvalue weighted by Crippen LogP contribution is 2.30. The SMILES string of the molecule is C=C(/C=N\N(C)CC(O)CO)c1cnc(N)c(-c2nc3cnccc3n2C/C(F)=C(\C)F)c1. The first-order chi connectivity index (χ1) is 15.7. The summed E-state index contributed by atoms with van der Waals surface area (Å²) in [5.41, 5.74) is 8.64. The highest BCUT2D eigenvalue weighted by Gasteiger charge is 2.18. The first-order valence-corrected chi connectivity index (χ1v) is 10.0. The van der Waals surface area contributed by atoms with Crippen molar-refractivity contribution in [3.8, 4) is 11.4 Å². The Morgan fingerprint density at radius 1 is 1.39 bits per heavy atom. The number of aliphatic hydroxyl groups excluding tert-OH is 2. The molecule has 1 atom stereocenters. The number of likely N-dealkylation sites (N-methyl/N-ethyl adjacent to an activating group) is 1. The molecule has 0 fully saturated rings. The summed E-state index contributed by atoms with van der Waals surface area (Å²) >= 11 is 0. The number of aliphatic hydroxyl groups is 2. The van der Waals surface area contributed by atoms with Crippen molar-refractivity contribution in [2.24, 2.45) is 5.10 Å². The number of nitrogens with zero attached hydrogens (tertiary/aromatic N) is 6. The number of allylic oxidation sites excluding steroid dienone is 3. The van der Waals surface area contributed by atoms with Crippen molar-refractivity contribution >= 4 is 28.6 Å². The molecular formula is C22H25F2N7O2. The predicted octanol–water partition coefficient (Wildman–Crippen LogP) is 2.53. The van der Waals surface area contributed by atoms with Crippen molar-refractivity contribution < 1.29 is 19.0 Å². The number of fused-ring (bicyclic) bond motifs is 1. The van der Waals surface area contributed by atoms with Crippen LogP contribution in [-0.2, 0) is 6.54 Å². The fraction of sp³-hybridized carbons (Fsp3) is 0.273. The maximum absolute atomic E-state index is 14.2. The van der Waals surface area contributed by atoms with Gasteiger partial charge in [0, 0.05) is 25.0 Å². The van der Waals surface area contributed by atoms with Crippen molar-refractivity contribution in [3.63, 3.8) is 0 Å². The van der Waals surface area contributed by atoms with E-state index in [0.29, 0.717) is 33.6 Å². The van der Waals surface area contributed by atoms with Gasteiger partial charge in [-0.25, -0.2) is 18.7 Å². The van der Waals surface area contributed by atoms with Crippen LogP contribution < -0.4 is 5.73 Å². The maximum Gasteiger partial charge on any atom is 0.151 e. The second-order valence-corrected chi connectivity index (χ2v) is 7.43. The van der Waals surface area contributed by atoms with Gasteiger partial charge in [0.2, 0.25) is 0 Å². The number of anilines is 1. The third-order valence-electron chi connectivity index (χ3n) is 4.85. The molecule has 4 N–H and O–H groups in total. The molecule has 0 aromatic carbocycles. The van der Waals surface area contributed by atoms with Crippen LogP contribution >= 0.6 is 0 Å². The molecule has 0 aliphatic rings. The van der Waals surface area contributed by atoms with Gasteiger partial charge in [0.15, 0.2) is 5.83 Å². The van der Waals surface area contributed by atoms with Crippen LogP contribution in [0, 0.1) is 0 Å². The Labute approximate surface area is 189 Å². The third kappa shape index (κ3) is 5.57. The lowest BCUT2D eigenvalue weighted by Gasteiger charge is -2.16. The fourth-order valence-corrected chi connectivity index (χ4v) is 3.08. The summed E-state index contributed by atoms with van der Waals surface area (Å²) in [6.07, 6.45) is 5.12. The number of halogens is 2. The molecule has 0 saturated carbocycles. The summed E-state index contributed by atoms with van der Waals surface area (Å²) in [7, 11) is 1.64. The van der Waals surface area contributed by atoms with Crippen LogP contribution in [0.25, 0.3) is 28.0 Å². The van der Waals surface area contributed by atoms with Crippen LogP contribution in [0.3, 0.4) is 0 Å². The number of nitrogens with two attached hydrogens (primary N) is 1. The minimum Gasteiger partial charge on any atom is -0.394 e. The molecule has 0 aliphatic carbocycles. The molecule has 3 aromatic rings. The third-order valence-corrected chi connectivity index (χ3v) is 4.85. The summed E-state index contributed by atoms with van der Waals surface area (Å²) in [4.78, 5) is 12.8. The molecule has 3 aromatic heterocycles. The van der Waals surface area contributed by atoms with E-state index in [1.807, 2.05) is 0 Å². The van der Waals surface area contributed by atoms with Crippen molar-refractivity contribution in [1.82, 2.24) is 24.5 Å². The smallest absolute Gasteiger partial charge is 0.151 e. The fourth-order valence-electron chi connectivity index (χ4n) is 3.08. The number of nitrogen functional groups attached to an aromatic ring is 1. The van der Waals surface area contributed by atoms with Crippen LogP contribution in [0.15, 0.2) is 54.1 Å². The molecule has 1 unspecified atom stereocenters. The van der Waals surface area contributed by atoms with Gasteiger partial charge in [-0.05, 0) is 24.6 Å². The van der Waals surface area contributed by atoms with Gasteiger partial charge in [0.1, 0.15) is 23.0 Å². The number of hydrazone groups is 1. The number of hydrogen-bond donors (Lipinski definition) is 3. The summed E-state index contributed by atoms with van der Waals surface area (Å²) < 4.78 is 29.2. The van der Waals surface area contributed by atoms with Gasteiger partial charge in [-0.1, -0.05) is 6.58 Å². The Hall–Kier alpha value is -3.70. The molecular weight excluding hydrogens is 432 g/mol. The largest absolute Gasteiger partial charge is 0.394 e. The Kier molecular flexibility index (Phi) is 7.46. The molecule has 0 spiro atoms. The van der Waals surface area contributed by atoms with Gasteiger partial charge >= 0.3 is 0 Å². The van der Waals surface area contributed by atoms with Crippen molar-refractivity contribution in [2.45, 2.75) is 19.6 Å². The lowest BCUT2D eigenvalue weighted by Crippen LogP contribution is -2.28. The summed E-state index contributed by atoms with van der Waals surface area (Å²) in [6.45, 7) is 4.41. The highest BCUT2D eigenvalue weighted by atomic mass is 19.2. The van der Waals surface area contributed by atoms with Gasteiger partial charge < -0.3 is 20.5 Å². The minimum atomic E-state index is -0.931. The second kappa shape index (κ2) is 10.3. The van der Waals surface area contributed by atoms with Crippen LogP contribution in [-0.4, -0.2) is 67.3 Å². The second-order valence-electron chi connectivity index (χ2n) is 7.43. The quantitative estimate of drug-likeness (QED) is 0.333. The van der Waals surface area contributed by atoms with Crippen molar-refractivity contribution in [3.05, 3.63) is 54.5 Å². The average Bonchev–Trinajstić information content (AvgIpc) is 3.15. The van der Waals surface area contributed by atoms with E-state index in [-0.39, 0.29) is 25.5 Å². The van der Waals surface area contributed by atoms with Gasteiger partial charge in [-0.15, -0.1) is 0 Å². The summed E-state index contributed by atoms with van der Waals surface area (Å²) in [5, 5.41) is 24.1. The average molecular weight is 457 g/mol. The molecule has 3 heterocycles. The Bertz CT molecular complexity index is 1220. The lowest BCUT2D eigenvalue weighted by atomic mass is 10.1. The van der Waals surface area contributed by atoms with E-state index in [0.717, 1.165) is 6.92 Å². The minimum absolute atomic E-state index is 0.136. The maximum atomic E-state index is 14.2. The van der Waals surface area contributed by atoms with Gasteiger partial charge in [-0.2, -0.15) is 5.10 Å². The van der Waals surface area contributed by atoms with Crippen molar-refractivity contribution in [2.75, 3.05) is 25.9 Å². The zero-order valence-corrected chi connectivity index (χ0v) is 18.3.